The number of fused-ring (bicyclic) bond motifs is 3. The molecule has 2 fully saturated rings. The molecule has 1 saturated heterocycles. The fraction of sp³-hybridized carbons (Fsp3) is 0.440. The normalized spacial score (nSPS) is 24.0. The van der Waals surface area contributed by atoms with E-state index in [-0.39, 0.29) is 22.9 Å². The van der Waals surface area contributed by atoms with Crippen LogP contribution in [-0.2, 0) is 6.54 Å². The van der Waals surface area contributed by atoms with Crippen LogP contribution in [0.5, 0.6) is 0 Å². The lowest BCUT2D eigenvalue weighted by Gasteiger charge is -2.39. The third kappa shape index (κ3) is 3.57. The van der Waals surface area contributed by atoms with Crippen molar-refractivity contribution in [3.63, 3.8) is 0 Å². The van der Waals surface area contributed by atoms with Crippen molar-refractivity contribution in [2.75, 3.05) is 11.4 Å². The highest BCUT2D eigenvalue weighted by Crippen LogP contribution is 2.53. The first-order valence-corrected chi connectivity index (χ1v) is 12.3. The van der Waals surface area contributed by atoms with Crippen molar-refractivity contribution in [3.05, 3.63) is 58.0 Å². The Balaban J connectivity index is 1.43. The number of para-hydroxylation sites is 2. The van der Waals surface area contributed by atoms with Gasteiger partial charge in [0.15, 0.2) is 5.82 Å². The molecule has 0 N–H and O–H groups in total. The van der Waals surface area contributed by atoms with Crippen LogP contribution < -0.4 is 10.5 Å². The molecule has 1 saturated carbocycles. The van der Waals surface area contributed by atoms with Gasteiger partial charge < -0.3 is 9.32 Å². The second kappa shape index (κ2) is 7.25. The zero-order chi connectivity index (χ0) is 22.8. The Morgan fingerprint density at radius 2 is 1.97 bits per heavy atom. The van der Waals surface area contributed by atoms with Crippen LogP contribution in [0.2, 0.25) is 0 Å². The van der Waals surface area contributed by atoms with Gasteiger partial charge in [-0.15, -0.1) is 21.5 Å². The van der Waals surface area contributed by atoms with Gasteiger partial charge in [-0.3, -0.25) is 9.36 Å². The molecule has 8 heteroatoms. The zero-order valence-electron chi connectivity index (χ0n) is 19.1. The fourth-order valence-corrected chi connectivity index (χ4v) is 6.83. The van der Waals surface area contributed by atoms with Gasteiger partial charge in [0.25, 0.3) is 11.4 Å². The summed E-state index contributed by atoms with van der Waals surface area (Å²) in [7, 11) is 0. The maximum atomic E-state index is 13.8. The van der Waals surface area contributed by atoms with Gasteiger partial charge >= 0.3 is 0 Å². The van der Waals surface area contributed by atoms with Crippen molar-refractivity contribution in [1.82, 2.24) is 19.7 Å². The quantitative estimate of drug-likeness (QED) is 0.427. The summed E-state index contributed by atoms with van der Waals surface area (Å²) >= 11 is 1.55. The highest BCUT2D eigenvalue weighted by Gasteiger charge is 2.50. The van der Waals surface area contributed by atoms with E-state index in [1.807, 2.05) is 41.8 Å². The number of benzene rings is 1. The minimum atomic E-state index is -0.0986. The van der Waals surface area contributed by atoms with E-state index in [1.54, 1.807) is 15.9 Å². The molecule has 1 aromatic carbocycles. The van der Waals surface area contributed by atoms with Crippen LogP contribution in [0.3, 0.4) is 0 Å². The second-order valence-corrected chi connectivity index (χ2v) is 11.6. The zero-order valence-corrected chi connectivity index (χ0v) is 19.9. The summed E-state index contributed by atoms with van der Waals surface area (Å²) in [5, 5.41) is 10.4. The molecule has 170 valence electrons. The molecule has 7 nitrogen and oxygen atoms in total. The first-order valence-electron chi connectivity index (χ1n) is 11.4. The Morgan fingerprint density at radius 3 is 2.79 bits per heavy atom. The van der Waals surface area contributed by atoms with Crippen molar-refractivity contribution in [1.29, 1.82) is 0 Å². The third-order valence-corrected chi connectivity index (χ3v) is 7.87. The van der Waals surface area contributed by atoms with Crippen molar-refractivity contribution < 1.29 is 4.42 Å². The maximum absolute atomic E-state index is 13.8. The van der Waals surface area contributed by atoms with Gasteiger partial charge in [0.1, 0.15) is 6.54 Å². The Kier molecular flexibility index (Phi) is 4.52. The molecule has 33 heavy (non-hydrogen) atoms. The van der Waals surface area contributed by atoms with E-state index < -0.39 is 0 Å². The van der Waals surface area contributed by atoms with E-state index in [4.69, 9.17) is 9.40 Å². The van der Waals surface area contributed by atoms with Gasteiger partial charge in [-0.1, -0.05) is 39.0 Å². The number of nitrogens with zero attached hydrogens (tertiary/aromatic N) is 5. The van der Waals surface area contributed by atoms with Gasteiger partial charge in [0.05, 0.1) is 15.9 Å². The van der Waals surface area contributed by atoms with Gasteiger partial charge in [-0.2, -0.15) is 0 Å². The summed E-state index contributed by atoms with van der Waals surface area (Å²) in [6.07, 6.45) is 3.35. The predicted molar refractivity (Wildman–Crippen MR) is 130 cm³/mol. The van der Waals surface area contributed by atoms with E-state index in [0.717, 1.165) is 35.3 Å². The molecular formula is C25H27N5O2S. The summed E-state index contributed by atoms with van der Waals surface area (Å²) in [5.74, 6) is 1.43. The summed E-state index contributed by atoms with van der Waals surface area (Å²) < 4.78 is 7.64. The Hall–Kier alpha value is -3.00. The van der Waals surface area contributed by atoms with Crippen LogP contribution in [0, 0.1) is 10.8 Å². The van der Waals surface area contributed by atoms with Gasteiger partial charge in [-0.25, -0.2) is 4.98 Å². The lowest BCUT2D eigenvalue weighted by Crippen LogP contribution is -2.38. The van der Waals surface area contributed by atoms with E-state index >= 15 is 0 Å². The molecule has 0 unspecified atom stereocenters. The van der Waals surface area contributed by atoms with Crippen LogP contribution in [-0.4, -0.2) is 32.3 Å². The molecule has 6 rings (SSSR count). The first kappa shape index (κ1) is 20.6. The van der Waals surface area contributed by atoms with E-state index in [9.17, 15) is 4.79 Å². The first-order chi connectivity index (χ1) is 15.8. The van der Waals surface area contributed by atoms with E-state index in [2.05, 4.69) is 35.9 Å². The smallest absolute Gasteiger partial charge is 0.294 e. The lowest BCUT2D eigenvalue weighted by atomic mass is 9.65. The number of aromatic nitrogens is 4. The predicted octanol–water partition coefficient (Wildman–Crippen LogP) is 4.96. The molecule has 2 atom stereocenters. The number of rotatable bonds is 4. The highest BCUT2D eigenvalue weighted by molar-refractivity contribution is 7.13. The number of anilines is 1. The van der Waals surface area contributed by atoms with Crippen LogP contribution in [0.25, 0.3) is 21.8 Å². The molecule has 0 radical (unpaired) electrons. The fourth-order valence-electron chi connectivity index (χ4n) is 6.18. The largest absolute Gasteiger partial charge is 0.418 e. The molecule has 1 aliphatic carbocycles. The molecule has 0 amide bonds. The minimum absolute atomic E-state index is 0.0986. The van der Waals surface area contributed by atoms with Crippen LogP contribution in [0.1, 0.15) is 45.9 Å². The monoisotopic (exact) mass is 461 g/mol. The minimum Gasteiger partial charge on any atom is -0.418 e. The SMILES string of the molecule is CC1(C)C[C@H]2C[C@@](C)(CN2c2nc3ccccc3n(Cc3nnc(-c4cccs4)o3)c2=O)C1. The summed E-state index contributed by atoms with van der Waals surface area (Å²) in [4.78, 5) is 21.9. The van der Waals surface area contributed by atoms with Gasteiger partial charge in [0, 0.05) is 12.6 Å². The average molecular weight is 462 g/mol. The Bertz CT molecular complexity index is 1390. The van der Waals surface area contributed by atoms with Crippen molar-refractivity contribution in [2.45, 2.75) is 52.6 Å². The van der Waals surface area contributed by atoms with Crippen LogP contribution >= 0.6 is 11.3 Å². The van der Waals surface area contributed by atoms with E-state index in [1.165, 1.54) is 6.42 Å². The molecule has 4 heterocycles. The molecule has 0 spiro atoms. The standard InChI is InChI=1S/C25H27N5O2S/c1-24(2)11-16-12-25(3,14-24)15-30(16)21-23(31)29(18-8-5-4-7-17(18)26-21)13-20-27-28-22(32-20)19-9-6-10-33-19/h4-10,16H,11-15H2,1-3H3/t16-,25+/m0/s1. The second-order valence-electron chi connectivity index (χ2n) is 10.6. The van der Waals surface area contributed by atoms with E-state index in [0.29, 0.717) is 23.6 Å². The van der Waals surface area contributed by atoms with Gasteiger partial charge in [0.2, 0.25) is 5.89 Å². The molecule has 2 bridgehead atoms. The van der Waals surface area contributed by atoms with Crippen LogP contribution in [0.15, 0.2) is 51.0 Å². The highest BCUT2D eigenvalue weighted by atomic mass is 32.1. The lowest BCUT2D eigenvalue weighted by molar-refractivity contribution is 0.136. The molecule has 2 aliphatic rings. The molecule has 3 aromatic heterocycles. The number of hydrogen-bond acceptors (Lipinski definition) is 7. The number of hydrogen-bond donors (Lipinski definition) is 0. The van der Waals surface area contributed by atoms with Crippen LogP contribution in [0.4, 0.5) is 5.82 Å². The average Bonchev–Trinajstić information content (AvgIpc) is 3.48. The Labute approximate surface area is 196 Å². The third-order valence-electron chi connectivity index (χ3n) is 7.01. The maximum Gasteiger partial charge on any atom is 0.294 e. The topological polar surface area (TPSA) is 77.1 Å². The van der Waals surface area contributed by atoms with Crippen molar-refractivity contribution in [2.24, 2.45) is 10.8 Å². The Morgan fingerprint density at radius 1 is 1.12 bits per heavy atom. The summed E-state index contributed by atoms with van der Waals surface area (Å²) in [5.41, 5.74) is 1.95. The summed E-state index contributed by atoms with van der Waals surface area (Å²) in [6.45, 7) is 8.12. The van der Waals surface area contributed by atoms with Gasteiger partial charge in [-0.05, 0) is 53.7 Å². The molecule has 4 aromatic rings. The number of thiophene rings is 1. The molecular weight excluding hydrogens is 434 g/mol. The summed E-state index contributed by atoms with van der Waals surface area (Å²) in [6, 6.07) is 12.0. The van der Waals surface area contributed by atoms with Crippen molar-refractivity contribution in [3.8, 4) is 10.8 Å². The molecule has 1 aliphatic heterocycles. The van der Waals surface area contributed by atoms with Crippen molar-refractivity contribution >= 4 is 28.2 Å².